The highest BCUT2D eigenvalue weighted by molar-refractivity contribution is 6.33. The summed E-state index contributed by atoms with van der Waals surface area (Å²) >= 11 is 6.05. The Bertz CT molecular complexity index is 644. The highest BCUT2D eigenvalue weighted by Crippen LogP contribution is 2.31. The molecule has 0 unspecified atom stereocenters. The van der Waals surface area contributed by atoms with Crippen LogP contribution < -0.4 is 4.74 Å². The topological polar surface area (TPSA) is 74.4 Å². The molecule has 0 saturated heterocycles. The molecule has 2 rings (SSSR count). The van der Waals surface area contributed by atoms with E-state index in [0.29, 0.717) is 27.7 Å². The molecule has 0 radical (unpaired) electrons. The van der Waals surface area contributed by atoms with E-state index in [1.165, 1.54) is 12.1 Å². The molecule has 0 aliphatic rings. The highest BCUT2D eigenvalue weighted by Gasteiger charge is 2.04. The fourth-order valence-electron chi connectivity index (χ4n) is 1.60. The van der Waals surface area contributed by atoms with Gasteiger partial charge < -0.3 is 14.9 Å². The fraction of sp³-hybridized carbons (Fsp3) is 0.143. The van der Waals surface area contributed by atoms with Gasteiger partial charge in [0.05, 0.1) is 24.4 Å². The van der Waals surface area contributed by atoms with E-state index < -0.39 is 0 Å². The third-order valence-electron chi connectivity index (χ3n) is 2.65. The Morgan fingerprint density at radius 3 is 2.45 bits per heavy atom. The average Bonchev–Trinajstić information content (AvgIpc) is 2.46. The monoisotopic (exact) mass is 292 g/mol. The van der Waals surface area contributed by atoms with Crippen molar-refractivity contribution in [1.29, 1.82) is 0 Å². The van der Waals surface area contributed by atoms with E-state index in [1.54, 1.807) is 31.4 Å². The van der Waals surface area contributed by atoms with E-state index >= 15 is 0 Å². The predicted molar refractivity (Wildman–Crippen MR) is 76.2 cm³/mol. The number of hydrogen-bond acceptors (Lipinski definition) is 5. The van der Waals surface area contributed by atoms with Gasteiger partial charge in [-0.1, -0.05) is 11.6 Å². The van der Waals surface area contributed by atoms with Crippen LogP contribution in [0.5, 0.6) is 11.5 Å². The van der Waals surface area contributed by atoms with E-state index in [2.05, 4.69) is 10.2 Å². The van der Waals surface area contributed by atoms with E-state index in [4.69, 9.17) is 16.3 Å². The van der Waals surface area contributed by atoms with Crippen LogP contribution in [0, 0.1) is 0 Å². The molecule has 0 aromatic heterocycles. The number of halogens is 1. The molecule has 0 aliphatic heterocycles. The number of ether oxygens (including phenoxy) is 1. The number of azo groups is 1. The molecule has 2 N–H and O–H groups in total. The van der Waals surface area contributed by atoms with Gasteiger partial charge in [0.1, 0.15) is 17.2 Å². The quantitative estimate of drug-likeness (QED) is 0.838. The van der Waals surface area contributed by atoms with Crippen molar-refractivity contribution in [2.45, 2.75) is 6.61 Å². The van der Waals surface area contributed by atoms with E-state index in [1.807, 2.05) is 0 Å². The molecule has 5 nitrogen and oxygen atoms in total. The molecule has 6 heteroatoms. The molecular formula is C14H13ClN2O3. The van der Waals surface area contributed by atoms with Gasteiger partial charge >= 0.3 is 0 Å². The molecule has 0 bridgehead atoms. The second-order valence-corrected chi connectivity index (χ2v) is 4.40. The van der Waals surface area contributed by atoms with E-state index in [0.717, 1.165) is 0 Å². The first-order chi connectivity index (χ1) is 9.63. The Morgan fingerprint density at radius 1 is 1.10 bits per heavy atom. The molecule has 0 atom stereocenters. The van der Waals surface area contributed by atoms with E-state index in [-0.39, 0.29) is 12.4 Å². The standard InChI is InChI=1S/C14H13ClN2O3/c1-20-11-3-5-14(12(15)7-11)17-16-13-4-2-10(19)6-9(13)8-18/h2-7,18-19H,8H2,1H3/b17-16+. The maximum Gasteiger partial charge on any atom is 0.120 e. The number of methoxy groups -OCH3 is 1. The summed E-state index contributed by atoms with van der Waals surface area (Å²) in [5.74, 6) is 0.699. The first kappa shape index (κ1) is 14.3. The fourth-order valence-corrected chi connectivity index (χ4v) is 1.81. The van der Waals surface area contributed by atoms with Crippen molar-refractivity contribution in [3.8, 4) is 11.5 Å². The lowest BCUT2D eigenvalue weighted by Crippen LogP contribution is -1.83. The number of rotatable bonds is 4. The van der Waals surface area contributed by atoms with Crippen LogP contribution >= 0.6 is 11.6 Å². The summed E-state index contributed by atoms with van der Waals surface area (Å²) < 4.78 is 5.04. The highest BCUT2D eigenvalue weighted by atomic mass is 35.5. The van der Waals surface area contributed by atoms with Crippen LogP contribution in [0.25, 0.3) is 0 Å². The zero-order valence-corrected chi connectivity index (χ0v) is 11.5. The van der Waals surface area contributed by atoms with Crippen molar-refractivity contribution in [3.63, 3.8) is 0 Å². The number of aliphatic hydroxyl groups excluding tert-OH is 1. The molecule has 0 fully saturated rings. The first-order valence-corrected chi connectivity index (χ1v) is 6.20. The van der Waals surface area contributed by atoms with Crippen molar-refractivity contribution in [1.82, 2.24) is 0 Å². The van der Waals surface area contributed by atoms with Crippen LogP contribution in [-0.2, 0) is 6.61 Å². The second-order valence-electron chi connectivity index (χ2n) is 3.99. The van der Waals surface area contributed by atoms with Crippen LogP contribution in [0.15, 0.2) is 46.6 Å². The normalized spacial score (nSPS) is 10.9. The lowest BCUT2D eigenvalue weighted by atomic mass is 10.2. The number of phenols is 1. The molecule has 0 heterocycles. The van der Waals surface area contributed by atoms with Gasteiger partial charge in [0, 0.05) is 11.6 Å². The summed E-state index contributed by atoms with van der Waals surface area (Å²) in [4.78, 5) is 0. The molecule has 0 spiro atoms. The molecule has 0 aliphatic carbocycles. The zero-order chi connectivity index (χ0) is 14.5. The third kappa shape index (κ3) is 3.26. The number of aliphatic hydroxyl groups is 1. The van der Waals surface area contributed by atoms with Crippen molar-refractivity contribution >= 4 is 23.0 Å². The Morgan fingerprint density at radius 2 is 1.80 bits per heavy atom. The molecule has 20 heavy (non-hydrogen) atoms. The maximum absolute atomic E-state index is 9.34. The Hall–Kier alpha value is -2.11. The molecule has 104 valence electrons. The average molecular weight is 293 g/mol. The summed E-state index contributed by atoms with van der Waals surface area (Å²) in [5, 5.41) is 27.0. The number of aromatic hydroxyl groups is 1. The van der Waals surface area contributed by atoms with Crippen LogP contribution in [0.1, 0.15) is 5.56 Å². The van der Waals surface area contributed by atoms with Crippen molar-refractivity contribution < 1.29 is 14.9 Å². The Kier molecular flexibility index (Phi) is 4.55. The van der Waals surface area contributed by atoms with Gasteiger partial charge in [0.15, 0.2) is 0 Å². The third-order valence-corrected chi connectivity index (χ3v) is 2.96. The SMILES string of the molecule is COc1ccc(/N=N/c2ccc(O)cc2CO)c(Cl)c1. The number of hydrogen-bond donors (Lipinski definition) is 2. The summed E-state index contributed by atoms with van der Waals surface area (Å²) in [6.45, 7) is -0.237. The number of nitrogens with zero attached hydrogens (tertiary/aromatic N) is 2. The maximum atomic E-state index is 9.34. The van der Waals surface area contributed by atoms with Gasteiger partial charge in [-0.2, -0.15) is 5.11 Å². The van der Waals surface area contributed by atoms with Crippen molar-refractivity contribution in [3.05, 3.63) is 47.0 Å². The summed E-state index contributed by atoms with van der Waals surface area (Å²) in [6, 6.07) is 9.53. The summed E-state index contributed by atoms with van der Waals surface area (Å²) in [6.07, 6.45) is 0. The number of benzene rings is 2. The van der Waals surface area contributed by atoms with Gasteiger partial charge in [-0.25, -0.2) is 0 Å². The minimum absolute atomic E-state index is 0.0653. The molecule has 0 amide bonds. The summed E-state index contributed by atoms with van der Waals surface area (Å²) in [5.41, 5.74) is 1.44. The van der Waals surface area contributed by atoms with Crippen molar-refractivity contribution in [2.24, 2.45) is 10.2 Å². The minimum Gasteiger partial charge on any atom is -0.508 e. The van der Waals surface area contributed by atoms with Crippen LogP contribution in [-0.4, -0.2) is 17.3 Å². The lowest BCUT2D eigenvalue weighted by Gasteiger charge is -2.03. The zero-order valence-electron chi connectivity index (χ0n) is 10.7. The van der Waals surface area contributed by atoms with Crippen LogP contribution in [0.2, 0.25) is 5.02 Å². The first-order valence-electron chi connectivity index (χ1n) is 5.82. The summed E-state index contributed by atoms with van der Waals surface area (Å²) in [7, 11) is 1.55. The van der Waals surface area contributed by atoms with Gasteiger partial charge in [0.2, 0.25) is 0 Å². The Balaban J connectivity index is 2.29. The van der Waals surface area contributed by atoms with E-state index in [9.17, 15) is 10.2 Å². The van der Waals surface area contributed by atoms with Gasteiger partial charge in [0.25, 0.3) is 0 Å². The molecule has 2 aromatic carbocycles. The van der Waals surface area contributed by atoms with Crippen LogP contribution in [0.4, 0.5) is 11.4 Å². The molecular weight excluding hydrogens is 280 g/mol. The molecule has 2 aromatic rings. The largest absolute Gasteiger partial charge is 0.508 e. The Labute approximate surface area is 121 Å². The minimum atomic E-state index is -0.237. The predicted octanol–water partition coefficient (Wildman–Crippen LogP) is 3.96. The van der Waals surface area contributed by atoms with Gasteiger partial charge in [-0.15, -0.1) is 5.11 Å². The van der Waals surface area contributed by atoms with Crippen molar-refractivity contribution in [2.75, 3.05) is 7.11 Å². The lowest BCUT2D eigenvalue weighted by molar-refractivity contribution is 0.281. The second kappa shape index (κ2) is 6.36. The molecule has 0 saturated carbocycles. The smallest absolute Gasteiger partial charge is 0.120 e. The van der Waals surface area contributed by atoms with Gasteiger partial charge in [-0.3, -0.25) is 0 Å². The van der Waals surface area contributed by atoms with Gasteiger partial charge in [-0.05, 0) is 30.3 Å². The van der Waals surface area contributed by atoms with Crippen LogP contribution in [0.3, 0.4) is 0 Å². The number of phenolic OH excluding ortho intramolecular Hbond substituents is 1.